The van der Waals surface area contributed by atoms with Gasteiger partial charge in [-0.05, 0) is 27.3 Å². The van der Waals surface area contributed by atoms with Gasteiger partial charge in [-0.25, -0.2) is 0 Å². The van der Waals surface area contributed by atoms with E-state index in [1.807, 2.05) is 6.92 Å². The van der Waals surface area contributed by atoms with Crippen molar-refractivity contribution < 1.29 is 19.5 Å². The Balaban J connectivity index is 4.40. The Hall–Kier alpha value is -1.63. The van der Waals surface area contributed by atoms with Crippen LogP contribution in [0.3, 0.4) is 0 Å². The molecule has 0 aliphatic rings. The Bertz CT molecular complexity index is 369. The summed E-state index contributed by atoms with van der Waals surface area (Å²) in [7, 11) is 3.09. The van der Waals surface area contributed by atoms with Crippen molar-refractivity contribution in [2.75, 3.05) is 33.7 Å². The largest absolute Gasteiger partial charge is 0.480 e. The number of carbonyl (C=O) groups excluding carboxylic acids is 2. The highest BCUT2D eigenvalue weighted by atomic mass is 16.4. The van der Waals surface area contributed by atoms with Gasteiger partial charge in [-0.15, -0.1) is 0 Å². The molecular weight excluding hydrogens is 262 g/mol. The zero-order valence-electron chi connectivity index (χ0n) is 12.9. The third-order valence-electron chi connectivity index (χ3n) is 3.23. The number of likely N-dealkylation sites (N-methyl/N-ethyl adjacent to an activating group) is 2. The zero-order chi connectivity index (χ0) is 15.9. The van der Waals surface area contributed by atoms with E-state index in [0.717, 1.165) is 6.42 Å². The average molecular weight is 287 g/mol. The first-order valence-electron chi connectivity index (χ1n) is 6.58. The number of rotatable bonds is 8. The monoisotopic (exact) mass is 287 g/mol. The van der Waals surface area contributed by atoms with Crippen molar-refractivity contribution in [1.29, 1.82) is 0 Å². The lowest BCUT2D eigenvalue weighted by atomic mass is 10.0. The SMILES string of the molecule is CCCNC(=O)CN(C)C(=O)CN(C)C(C)(C)C(=O)O. The number of nitrogens with zero attached hydrogens (tertiary/aromatic N) is 2. The molecule has 0 rings (SSSR count). The van der Waals surface area contributed by atoms with E-state index in [0.29, 0.717) is 6.54 Å². The summed E-state index contributed by atoms with van der Waals surface area (Å²) in [5.74, 6) is -1.52. The van der Waals surface area contributed by atoms with Crippen LogP contribution in [0.15, 0.2) is 0 Å². The first-order chi connectivity index (χ1) is 9.12. The Labute approximate surface area is 119 Å². The molecule has 0 spiro atoms. The number of carbonyl (C=O) groups is 3. The fourth-order valence-electron chi connectivity index (χ4n) is 1.31. The summed E-state index contributed by atoms with van der Waals surface area (Å²) in [4.78, 5) is 37.3. The van der Waals surface area contributed by atoms with E-state index in [1.165, 1.54) is 30.7 Å². The molecule has 2 N–H and O–H groups in total. The number of aliphatic carboxylic acids is 1. The number of carboxylic acids is 1. The molecule has 0 aromatic rings. The van der Waals surface area contributed by atoms with E-state index in [-0.39, 0.29) is 24.9 Å². The second-order valence-electron chi connectivity index (χ2n) is 5.32. The molecule has 0 unspecified atom stereocenters. The molecule has 0 atom stereocenters. The fourth-order valence-corrected chi connectivity index (χ4v) is 1.31. The van der Waals surface area contributed by atoms with Crippen molar-refractivity contribution in [3.63, 3.8) is 0 Å². The lowest BCUT2D eigenvalue weighted by Gasteiger charge is -2.32. The van der Waals surface area contributed by atoms with Crippen LogP contribution in [0.25, 0.3) is 0 Å². The molecule has 7 nitrogen and oxygen atoms in total. The maximum Gasteiger partial charge on any atom is 0.323 e. The summed E-state index contributed by atoms with van der Waals surface area (Å²) < 4.78 is 0. The molecular formula is C13H25N3O4. The summed E-state index contributed by atoms with van der Waals surface area (Å²) in [6, 6.07) is 0. The lowest BCUT2D eigenvalue weighted by Crippen LogP contribution is -2.52. The number of hydrogen-bond acceptors (Lipinski definition) is 4. The van der Waals surface area contributed by atoms with Crippen LogP contribution in [0.4, 0.5) is 0 Å². The second-order valence-corrected chi connectivity index (χ2v) is 5.32. The van der Waals surface area contributed by atoms with Gasteiger partial charge in [-0.1, -0.05) is 6.92 Å². The van der Waals surface area contributed by atoms with E-state index in [4.69, 9.17) is 5.11 Å². The van der Waals surface area contributed by atoms with Crippen LogP contribution < -0.4 is 5.32 Å². The molecule has 20 heavy (non-hydrogen) atoms. The molecule has 7 heteroatoms. The minimum absolute atomic E-state index is 0.0276. The lowest BCUT2D eigenvalue weighted by molar-refractivity contribution is -0.150. The van der Waals surface area contributed by atoms with Crippen LogP contribution in [-0.4, -0.2) is 72.0 Å². The third kappa shape index (κ3) is 5.56. The van der Waals surface area contributed by atoms with E-state index >= 15 is 0 Å². The van der Waals surface area contributed by atoms with E-state index in [1.54, 1.807) is 7.05 Å². The molecule has 0 aliphatic heterocycles. The number of amides is 2. The highest BCUT2D eigenvalue weighted by Gasteiger charge is 2.33. The maximum atomic E-state index is 11.9. The van der Waals surface area contributed by atoms with Gasteiger partial charge >= 0.3 is 5.97 Å². The zero-order valence-corrected chi connectivity index (χ0v) is 12.9. The van der Waals surface area contributed by atoms with Gasteiger partial charge < -0.3 is 15.3 Å². The summed E-state index contributed by atoms with van der Waals surface area (Å²) >= 11 is 0. The normalized spacial score (nSPS) is 11.3. The predicted molar refractivity (Wildman–Crippen MR) is 75.3 cm³/mol. The van der Waals surface area contributed by atoms with Gasteiger partial charge in [0.2, 0.25) is 11.8 Å². The van der Waals surface area contributed by atoms with Crippen LogP contribution in [-0.2, 0) is 14.4 Å². The molecule has 0 radical (unpaired) electrons. The summed E-state index contributed by atoms with van der Waals surface area (Å²) in [5.41, 5.74) is -1.14. The van der Waals surface area contributed by atoms with Crippen LogP contribution in [0.2, 0.25) is 0 Å². The number of carboxylic acid groups (broad SMARTS) is 1. The minimum atomic E-state index is -1.14. The van der Waals surface area contributed by atoms with Gasteiger partial charge in [0.15, 0.2) is 0 Å². The van der Waals surface area contributed by atoms with Gasteiger partial charge in [-0.2, -0.15) is 0 Å². The van der Waals surface area contributed by atoms with E-state index in [2.05, 4.69) is 5.32 Å². The smallest absolute Gasteiger partial charge is 0.323 e. The quantitative estimate of drug-likeness (QED) is 0.643. The average Bonchev–Trinajstić information content (AvgIpc) is 2.35. The van der Waals surface area contributed by atoms with Crippen molar-refractivity contribution >= 4 is 17.8 Å². The fraction of sp³-hybridized carbons (Fsp3) is 0.769. The Morgan fingerprint density at radius 1 is 1.15 bits per heavy atom. The molecule has 0 aliphatic carbocycles. The summed E-state index contributed by atoms with van der Waals surface area (Å²) in [6.45, 7) is 5.48. The summed E-state index contributed by atoms with van der Waals surface area (Å²) in [6.07, 6.45) is 0.832. The van der Waals surface area contributed by atoms with Gasteiger partial charge in [0, 0.05) is 13.6 Å². The van der Waals surface area contributed by atoms with Gasteiger partial charge in [-0.3, -0.25) is 19.3 Å². The molecule has 0 bridgehead atoms. The van der Waals surface area contributed by atoms with Crippen molar-refractivity contribution in [3.05, 3.63) is 0 Å². The Morgan fingerprint density at radius 2 is 1.70 bits per heavy atom. The molecule has 0 heterocycles. The van der Waals surface area contributed by atoms with Crippen LogP contribution in [0, 0.1) is 0 Å². The third-order valence-corrected chi connectivity index (χ3v) is 3.23. The molecule has 0 aromatic heterocycles. The highest BCUT2D eigenvalue weighted by Crippen LogP contribution is 2.12. The van der Waals surface area contributed by atoms with E-state index in [9.17, 15) is 14.4 Å². The molecule has 0 saturated heterocycles. The van der Waals surface area contributed by atoms with Crippen molar-refractivity contribution in [2.24, 2.45) is 0 Å². The molecule has 0 fully saturated rings. The Morgan fingerprint density at radius 3 is 2.15 bits per heavy atom. The molecule has 2 amide bonds. The van der Waals surface area contributed by atoms with Gasteiger partial charge in [0.1, 0.15) is 5.54 Å². The van der Waals surface area contributed by atoms with Crippen LogP contribution in [0.1, 0.15) is 27.2 Å². The molecule has 0 aromatic carbocycles. The minimum Gasteiger partial charge on any atom is -0.480 e. The predicted octanol–water partition coefficient (Wildman–Crippen LogP) is -0.234. The van der Waals surface area contributed by atoms with Crippen molar-refractivity contribution in [3.8, 4) is 0 Å². The van der Waals surface area contributed by atoms with Crippen molar-refractivity contribution in [1.82, 2.24) is 15.1 Å². The number of nitrogens with one attached hydrogen (secondary N) is 1. The summed E-state index contributed by atoms with van der Waals surface area (Å²) in [5, 5.41) is 11.8. The molecule has 0 saturated carbocycles. The van der Waals surface area contributed by atoms with Crippen LogP contribution in [0.5, 0.6) is 0 Å². The van der Waals surface area contributed by atoms with E-state index < -0.39 is 11.5 Å². The topological polar surface area (TPSA) is 90.0 Å². The maximum absolute atomic E-state index is 11.9. The Kier molecular flexibility index (Phi) is 7.20. The molecule has 116 valence electrons. The highest BCUT2D eigenvalue weighted by molar-refractivity contribution is 5.86. The first kappa shape index (κ1) is 18.4. The second kappa shape index (κ2) is 7.84. The first-order valence-corrected chi connectivity index (χ1v) is 6.58. The van der Waals surface area contributed by atoms with Crippen molar-refractivity contribution in [2.45, 2.75) is 32.7 Å². The van der Waals surface area contributed by atoms with Gasteiger partial charge in [0.25, 0.3) is 0 Å². The number of hydrogen-bond donors (Lipinski definition) is 2. The van der Waals surface area contributed by atoms with Crippen LogP contribution >= 0.6 is 0 Å². The van der Waals surface area contributed by atoms with Gasteiger partial charge in [0.05, 0.1) is 13.1 Å². The standard InChI is InChI=1S/C13H25N3O4/c1-6-7-14-10(17)8-15(4)11(18)9-16(5)13(2,3)12(19)20/h6-9H2,1-5H3,(H,14,17)(H,19,20).